The lowest BCUT2D eigenvalue weighted by Crippen LogP contribution is -2.45. The van der Waals surface area contributed by atoms with Crippen LogP contribution in [0.25, 0.3) is 0 Å². The van der Waals surface area contributed by atoms with Crippen molar-refractivity contribution in [3.8, 4) is 0 Å². The summed E-state index contributed by atoms with van der Waals surface area (Å²) >= 11 is 0. The Morgan fingerprint density at radius 3 is 3.07 bits per heavy atom. The Bertz CT molecular complexity index is 221. The van der Waals surface area contributed by atoms with Crippen LogP contribution >= 0.6 is 0 Å². The molecule has 2 atom stereocenters. The van der Waals surface area contributed by atoms with Gasteiger partial charge in [-0.25, -0.2) is 0 Å². The predicted octanol–water partition coefficient (Wildman–Crippen LogP) is 0.622. The van der Waals surface area contributed by atoms with E-state index in [0.717, 1.165) is 32.4 Å². The van der Waals surface area contributed by atoms with E-state index in [4.69, 9.17) is 15.7 Å². The van der Waals surface area contributed by atoms with Crippen LogP contribution in [0.3, 0.4) is 0 Å². The Labute approximate surface area is 90.9 Å². The number of hydrogen-bond acceptors (Lipinski definition) is 4. The van der Waals surface area contributed by atoms with E-state index in [1.807, 2.05) is 0 Å². The van der Waals surface area contributed by atoms with Crippen molar-refractivity contribution in [2.45, 2.75) is 38.3 Å². The fourth-order valence-electron chi connectivity index (χ4n) is 2.16. The first-order valence-electron chi connectivity index (χ1n) is 5.42. The van der Waals surface area contributed by atoms with Crippen LogP contribution in [-0.2, 0) is 4.74 Å². The summed E-state index contributed by atoms with van der Waals surface area (Å²) < 4.78 is 5.06. The highest BCUT2D eigenvalue weighted by molar-refractivity contribution is 5.85. The Balaban J connectivity index is 2.52. The first-order chi connectivity index (χ1) is 7.20. The Kier molecular flexibility index (Phi) is 4.84. The molecule has 1 heterocycles. The molecule has 0 aliphatic carbocycles. The molecule has 5 heteroatoms. The second-order valence-corrected chi connectivity index (χ2v) is 4.05. The van der Waals surface area contributed by atoms with Gasteiger partial charge >= 0.3 is 0 Å². The summed E-state index contributed by atoms with van der Waals surface area (Å²) in [6.45, 7) is 3.92. The Morgan fingerprint density at radius 1 is 1.73 bits per heavy atom. The molecule has 15 heavy (non-hydrogen) atoms. The third kappa shape index (κ3) is 3.07. The van der Waals surface area contributed by atoms with E-state index in [1.54, 1.807) is 7.11 Å². The molecule has 0 radical (unpaired) electrons. The SMILES string of the molecule is COCCC(C)N1CCCC1C(N)=NO. The van der Waals surface area contributed by atoms with Crippen LogP contribution in [0.5, 0.6) is 0 Å². The van der Waals surface area contributed by atoms with Crippen molar-refractivity contribution in [2.75, 3.05) is 20.3 Å². The number of hydrogen-bond donors (Lipinski definition) is 2. The third-order valence-corrected chi connectivity index (χ3v) is 3.06. The van der Waals surface area contributed by atoms with Crippen LogP contribution in [0, 0.1) is 0 Å². The molecule has 0 saturated carbocycles. The molecule has 1 aliphatic heterocycles. The highest BCUT2D eigenvalue weighted by Crippen LogP contribution is 2.21. The van der Waals surface area contributed by atoms with Gasteiger partial charge in [0.2, 0.25) is 0 Å². The van der Waals surface area contributed by atoms with Gasteiger partial charge in [-0.3, -0.25) is 4.90 Å². The van der Waals surface area contributed by atoms with E-state index in [9.17, 15) is 0 Å². The highest BCUT2D eigenvalue weighted by Gasteiger charge is 2.31. The van der Waals surface area contributed by atoms with Crippen molar-refractivity contribution in [1.29, 1.82) is 0 Å². The van der Waals surface area contributed by atoms with Crippen LogP contribution in [0.15, 0.2) is 5.16 Å². The van der Waals surface area contributed by atoms with Crippen LogP contribution in [0.1, 0.15) is 26.2 Å². The van der Waals surface area contributed by atoms with Crippen molar-refractivity contribution in [3.05, 3.63) is 0 Å². The number of rotatable bonds is 5. The van der Waals surface area contributed by atoms with Gasteiger partial charge < -0.3 is 15.7 Å². The topological polar surface area (TPSA) is 71.1 Å². The Hall–Kier alpha value is -0.810. The molecule has 2 unspecified atom stereocenters. The van der Waals surface area contributed by atoms with E-state index in [1.165, 1.54) is 0 Å². The molecule has 0 spiro atoms. The molecule has 0 amide bonds. The number of oxime groups is 1. The van der Waals surface area contributed by atoms with Gasteiger partial charge in [0.05, 0.1) is 6.04 Å². The van der Waals surface area contributed by atoms with E-state index >= 15 is 0 Å². The minimum Gasteiger partial charge on any atom is -0.409 e. The molecular formula is C10H21N3O2. The standard InChI is InChI=1S/C10H21N3O2/c1-8(5-7-15-2)13-6-3-4-9(13)10(11)12-14/h8-9,14H,3-7H2,1-2H3,(H2,11,12). The molecular weight excluding hydrogens is 194 g/mol. The van der Waals surface area contributed by atoms with Crippen LogP contribution in [-0.4, -0.2) is 48.3 Å². The summed E-state index contributed by atoms with van der Waals surface area (Å²) in [7, 11) is 1.71. The second kappa shape index (κ2) is 5.92. The van der Waals surface area contributed by atoms with Gasteiger partial charge in [0.15, 0.2) is 5.84 Å². The normalized spacial score (nSPS) is 25.7. The minimum atomic E-state index is 0.0989. The van der Waals surface area contributed by atoms with E-state index in [2.05, 4.69) is 17.0 Å². The molecule has 0 aromatic heterocycles. The molecule has 1 saturated heterocycles. The summed E-state index contributed by atoms with van der Waals surface area (Å²) in [6, 6.07) is 0.514. The van der Waals surface area contributed by atoms with E-state index < -0.39 is 0 Å². The summed E-state index contributed by atoms with van der Waals surface area (Å²) in [6.07, 6.45) is 3.07. The van der Waals surface area contributed by atoms with Crippen molar-refractivity contribution >= 4 is 5.84 Å². The van der Waals surface area contributed by atoms with Gasteiger partial charge in [0.25, 0.3) is 0 Å². The molecule has 88 valence electrons. The zero-order chi connectivity index (χ0) is 11.3. The molecule has 0 bridgehead atoms. The lowest BCUT2D eigenvalue weighted by molar-refractivity contribution is 0.143. The fourth-order valence-corrected chi connectivity index (χ4v) is 2.16. The smallest absolute Gasteiger partial charge is 0.156 e. The molecule has 1 fully saturated rings. The maximum atomic E-state index is 8.68. The zero-order valence-corrected chi connectivity index (χ0v) is 9.52. The summed E-state index contributed by atoms with van der Waals surface area (Å²) in [4.78, 5) is 2.29. The molecule has 3 N–H and O–H groups in total. The van der Waals surface area contributed by atoms with Crippen molar-refractivity contribution in [2.24, 2.45) is 10.9 Å². The van der Waals surface area contributed by atoms with Crippen LogP contribution in [0.4, 0.5) is 0 Å². The minimum absolute atomic E-state index is 0.0989. The number of nitrogens with zero attached hydrogens (tertiary/aromatic N) is 2. The number of likely N-dealkylation sites (tertiary alicyclic amines) is 1. The van der Waals surface area contributed by atoms with E-state index in [-0.39, 0.29) is 6.04 Å². The highest BCUT2D eigenvalue weighted by atomic mass is 16.5. The molecule has 0 aromatic rings. The number of methoxy groups -OCH3 is 1. The van der Waals surface area contributed by atoms with Crippen LogP contribution < -0.4 is 5.73 Å². The summed E-state index contributed by atoms with van der Waals surface area (Å²) in [5.41, 5.74) is 5.66. The van der Waals surface area contributed by atoms with Gasteiger partial charge in [-0.2, -0.15) is 0 Å². The first kappa shape index (κ1) is 12.3. The first-order valence-corrected chi connectivity index (χ1v) is 5.42. The van der Waals surface area contributed by atoms with Gasteiger partial charge in [0.1, 0.15) is 0 Å². The predicted molar refractivity (Wildman–Crippen MR) is 59.1 cm³/mol. The lowest BCUT2D eigenvalue weighted by Gasteiger charge is -2.29. The van der Waals surface area contributed by atoms with Crippen molar-refractivity contribution in [3.63, 3.8) is 0 Å². The van der Waals surface area contributed by atoms with Gasteiger partial charge in [-0.05, 0) is 32.7 Å². The number of amidine groups is 1. The van der Waals surface area contributed by atoms with Crippen LogP contribution in [0.2, 0.25) is 0 Å². The van der Waals surface area contributed by atoms with Gasteiger partial charge in [0, 0.05) is 19.8 Å². The summed E-state index contributed by atoms with van der Waals surface area (Å²) in [5.74, 6) is 0.330. The maximum Gasteiger partial charge on any atom is 0.156 e. The fraction of sp³-hybridized carbons (Fsp3) is 0.900. The maximum absolute atomic E-state index is 8.68. The molecule has 1 aliphatic rings. The average Bonchev–Trinajstić information content (AvgIpc) is 2.73. The zero-order valence-electron chi connectivity index (χ0n) is 9.52. The number of ether oxygens (including phenoxy) is 1. The van der Waals surface area contributed by atoms with Crippen molar-refractivity contribution in [1.82, 2.24) is 4.90 Å². The largest absolute Gasteiger partial charge is 0.409 e. The second-order valence-electron chi connectivity index (χ2n) is 4.05. The average molecular weight is 215 g/mol. The molecule has 0 aromatic carbocycles. The molecule has 1 rings (SSSR count). The van der Waals surface area contributed by atoms with Gasteiger partial charge in [-0.1, -0.05) is 5.16 Å². The third-order valence-electron chi connectivity index (χ3n) is 3.06. The van der Waals surface area contributed by atoms with E-state index in [0.29, 0.717) is 11.9 Å². The number of nitrogens with two attached hydrogens (primary N) is 1. The molecule has 5 nitrogen and oxygen atoms in total. The summed E-state index contributed by atoms with van der Waals surface area (Å²) in [5, 5.41) is 11.8. The monoisotopic (exact) mass is 215 g/mol. The van der Waals surface area contributed by atoms with Crippen molar-refractivity contribution < 1.29 is 9.94 Å². The van der Waals surface area contributed by atoms with Gasteiger partial charge in [-0.15, -0.1) is 0 Å². The quantitative estimate of drug-likeness (QED) is 0.305. The lowest BCUT2D eigenvalue weighted by atomic mass is 10.1. The Morgan fingerprint density at radius 2 is 2.47 bits per heavy atom.